The topological polar surface area (TPSA) is 47.6 Å². The van der Waals surface area contributed by atoms with Gasteiger partial charge in [-0.2, -0.15) is 0 Å². The molecule has 1 N–H and O–H groups in total. The molecule has 0 aliphatic heterocycles. The molecule has 4 nitrogen and oxygen atoms in total. The van der Waals surface area contributed by atoms with Crippen molar-refractivity contribution in [2.45, 2.75) is 13.8 Å². The number of ether oxygens (including phenoxy) is 1. The summed E-state index contributed by atoms with van der Waals surface area (Å²) in [6.07, 6.45) is 0. The van der Waals surface area contributed by atoms with Crippen molar-refractivity contribution in [2.24, 2.45) is 0 Å². The monoisotopic (exact) mass is 147 g/mol. The summed E-state index contributed by atoms with van der Waals surface area (Å²) in [5, 5.41) is 0. The molecule has 0 rings (SSSR count). The Balaban J connectivity index is 2.84. The largest absolute Gasteiger partial charge is 0.379 e. The molecule has 0 aliphatic carbocycles. The summed E-state index contributed by atoms with van der Waals surface area (Å²) >= 11 is 0. The van der Waals surface area contributed by atoms with Gasteiger partial charge in [0.15, 0.2) is 0 Å². The average molecular weight is 147 g/mol. The van der Waals surface area contributed by atoms with Gasteiger partial charge in [0.2, 0.25) is 5.91 Å². The second-order valence-electron chi connectivity index (χ2n) is 1.70. The number of hydroxylamine groups is 1. The Morgan fingerprint density at radius 1 is 1.50 bits per heavy atom. The van der Waals surface area contributed by atoms with Crippen molar-refractivity contribution in [3.8, 4) is 0 Å². The molecule has 0 radical (unpaired) electrons. The lowest BCUT2D eigenvalue weighted by Crippen LogP contribution is -2.22. The fraction of sp³-hybridized carbons (Fsp3) is 0.833. The van der Waals surface area contributed by atoms with Gasteiger partial charge >= 0.3 is 0 Å². The van der Waals surface area contributed by atoms with Crippen LogP contribution in [0.2, 0.25) is 0 Å². The molecule has 0 unspecified atom stereocenters. The van der Waals surface area contributed by atoms with Crippen LogP contribution >= 0.6 is 0 Å². The maximum Gasteiger partial charge on any atom is 0.240 e. The minimum atomic E-state index is -0.198. The first kappa shape index (κ1) is 9.39. The van der Waals surface area contributed by atoms with Gasteiger partial charge < -0.3 is 4.74 Å². The highest BCUT2D eigenvalue weighted by atomic mass is 16.7. The molecular formula is C6H13NO3. The first-order valence-electron chi connectivity index (χ1n) is 3.23. The summed E-state index contributed by atoms with van der Waals surface area (Å²) in [6.45, 7) is 4.87. The van der Waals surface area contributed by atoms with Gasteiger partial charge in [0, 0.05) is 13.5 Å². The number of hydrogen-bond donors (Lipinski definition) is 1. The van der Waals surface area contributed by atoms with E-state index in [2.05, 4.69) is 10.3 Å². The second kappa shape index (κ2) is 6.51. The predicted octanol–water partition coefficient (Wildman–Crippen LogP) is 0.0906. The average Bonchev–Trinajstić information content (AvgIpc) is 1.87. The first-order valence-corrected chi connectivity index (χ1v) is 3.23. The molecule has 0 aromatic carbocycles. The van der Waals surface area contributed by atoms with Gasteiger partial charge in [-0.05, 0) is 6.92 Å². The zero-order valence-corrected chi connectivity index (χ0v) is 6.35. The van der Waals surface area contributed by atoms with Crippen LogP contribution in [0, 0.1) is 0 Å². The number of hydrogen-bond acceptors (Lipinski definition) is 3. The van der Waals surface area contributed by atoms with Crippen molar-refractivity contribution < 1.29 is 14.4 Å². The van der Waals surface area contributed by atoms with E-state index in [-0.39, 0.29) is 5.91 Å². The molecule has 10 heavy (non-hydrogen) atoms. The molecule has 4 heteroatoms. The third-order valence-corrected chi connectivity index (χ3v) is 0.750. The third-order valence-electron chi connectivity index (χ3n) is 0.750. The van der Waals surface area contributed by atoms with E-state index >= 15 is 0 Å². The van der Waals surface area contributed by atoms with Crippen molar-refractivity contribution in [3.05, 3.63) is 0 Å². The Hall–Kier alpha value is -0.610. The lowest BCUT2D eigenvalue weighted by molar-refractivity contribution is -0.132. The molecule has 0 aromatic heterocycles. The minimum Gasteiger partial charge on any atom is -0.379 e. The molecule has 0 atom stereocenters. The number of carbonyl (C=O) groups is 1. The molecule has 0 saturated carbocycles. The zero-order valence-electron chi connectivity index (χ0n) is 6.35. The van der Waals surface area contributed by atoms with Crippen LogP contribution < -0.4 is 5.48 Å². The SMILES string of the molecule is CCOCCONC(C)=O. The van der Waals surface area contributed by atoms with E-state index in [1.807, 2.05) is 6.92 Å². The highest BCUT2D eigenvalue weighted by Gasteiger charge is 1.88. The summed E-state index contributed by atoms with van der Waals surface area (Å²) in [5.41, 5.74) is 2.19. The van der Waals surface area contributed by atoms with Crippen LogP contribution in [0.15, 0.2) is 0 Å². The van der Waals surface area contributed by atoms with E-state index in [1.165, 1.54) is 6.92 Å². The molecule has 0 fully saturated rings. The van der Waals surface area contributed by atoms with Gasteiger partial charge in [0.25, 0.3) is 0 Å². The Bertz CT molecular complexity index is 95.0. The standard InChI is InChI=1S/C6H13NO3/c1-3-9-4-5-10-7-6(2)8/h3-5H2,1-2H3,(H,7,8). The molecule has 0 bridgehead atoms. The van der Waals surface area contributed by atoms with Crippen molar-refractivity contribution in [2.75, 3.05) is 19.8 Å². The van der Waals surface area contributed by atoms with E-state index in [0.717, 1.165) is 0 Å². The molecule has 0 aliphatic rings. The highest BCUT2D eigenvalue weighted by molar-refractivity contribution is 5.71. The number of carbonyl (C=O) groups excluding carboxylic acids is 1. The molecular weight excluding hydrogens is 134 g/mol. The van der Waals surface area contributed by atoms with E-state index in [1.54, 1.807) is 0 Å². The summed E-state index contributed by atoms with van der Waals surface area (Å²) in [7, 11) is 0. The first-order chi connectivity index (χ1) is 4.77. The van der Waals surface area contributed by atoms with Gasteiger partial charge in [0.05, 0.1) is 13.2 Å². The fourth-order valence-electron chi connectivity index (χ4n) is 0.398. The van der Waals surface area contributed by atoms with Crippen LogP contribution in [0.5, 0.6) is 0 Å². The van der Waals surface area contributed by atoms with Gasteiger partial charge in [0.1, 0.15) is 0 Å². The predicted molar refractivity (Wildman–Crippen MR) is 36.3 cm³/mol. The maximum absolute atomic E-state index is 10.2. The maximum atomic E-state index is 10.2. The van der Waals surface area contributed by atoms with E-state index < -0.39 is 0 Å². The van der Waals surface area contributed by atoms with Crippen LogP contribution in [0.4, 0.5) is 0 Å². The summed E-state index contributed by atoms with van der Waals surface area (Å²) in [5.74, 6) is -0.198. The molecule has 1 amide bonds. The molecule has 0 spiro atoms. The molecule has 0 aromatic rings. The summed E-state index contributed by atoms with van der Waals surface area (Å²) < 4.78 is 4.94. The van der Waals surface area contributed by atoms with Crippen molar-refractivity contribution in [1.82, 2.24) is 5.48 Å². The van der Waals surface area contributed by atoms with Crippen LogP contribution in [0.25, 0.3) is 0 Å². The van der Waals surface area contributed by atoms with Crippen LogP contribution in [0.1, 0.15) is 13.8 Å². The molecule has 0 saturated heterocycles. The minimum absolute atomic E-state index is 0.198. The van der Waals surface area contributed by atoms with Crippen molar-refractivity contribution in [3.63, 3.8) is 0 Å². The quantitative estimate of drug-likeness (QED) is 0.443. The number of nitrogens with one attached hydrogen (secondary N) is 1. The zero-order chi connectivity index (χ0) is 7.82. The summed E-state index contributed by atoms with van der Waals surface area (Å²) in [4.78, 5) is 14.9. The Labute approximate surface area is 60.5 Å². The van der Waals surface area contributed by atoms with Crippen molar-refractivity contribution >= 4 is 5.91 Å². The Kier molecular flexibility index (Phi) is 6.11. The Morgan fingerprint density at radius 3 is 2.70 bits per heavy atom. The molecule has 60 valence electrons. The number of amides is 1. The van der Waals surface area contributed by atoms with Gasteiger partial charge in [-0.3, -0.25) is 9.63 Å². The van der Waals surface area contributed by atoms with Gasteiger partial charge in [-0.1, -0.05) is 0 Å². The second-order valence-corrected chi connectivity index (χ2v) is 1.70. The summed E-state index contributed by atoms with van der Waals surface area (Å²) in [6, 6.07) is 0. The highest BCUT2D eigenvalue weighted by Crippen LogP contribution is 1.73. The lowest BCUT2D eigenvalue weighted by atomic mass is 10.7. The van der Waals surface area contributed by atoms with Crippen molar-refractivity contribution in [1.29, 1.82) is 0 Å². The molecule has 0 heterocycles. The van der Waals surface area contributed by atoms with E-state index in [4.69, 9.17) is 4.74 Å². The smallest absolute Gasteiger partial charge is 0.240 e. The third kappa shape index (κ3) is 7.39. The van der Waals surface area contributed by atoms with Gasteiger partial charge in [-0.15, -0.1) is 0 Å². The van der Waals surface area contributed by atoms with Crippen LogP contribution in [0.3, 0.4) is 0 Å². The van der Waals surface area contributed by atoms with Gasteiger partial charge in [-0.25, -0.2) is 5.48 Å². The van der Waals surface area contributed by atoms with Crippen LogP contribution in [-0.4, -0.2) is 25.7 Å². The fourth-order valence-corrected chi connectivity index (χ4v) is 0.398. The normalized spacial score (nSPS) is 9.40. The Morgan fingerprint density at radius 2 is 2.20 bits per heavy atom. The van der Waals surface area contributed by atoms with E-state index in [0.29, 0.717) is 19.8 Å². The van der Waals surface area contributed by atoms with E-state index in [9.17, 15) is 4.79 Å². The number of rotatable bonds is 5. The lowest BCUT2D eigenvalue weighted by Gasteiger charge is -2.02. The van der Waals surface area contributed by atoms with Crippen LogP contribution in [-0.2, 0) is 14.4 Å².